The van der Waals surface area contributed by atoms with Crippen molar-refractivity contribution < 1.29 is 22.7 Å². The molecule has 176 valence electrons. The van der Waals surface area contributed by atoms with Gasteiger partial charge >= 0.3 is 5.97 Å². The smallest absolute Gasteiger partial charge is 0.319 e. The maximum atomic E-state index is 13.8. The van der Waals surface area contributed by atoms with Crippen LogP contribution in [0.1, 0.15) is 35.6 Å². The largest absolute Gasteiger partial charge is 0.465 e. The molecule has 3 atom stereocenters. The van der Waals surface area contributed by atoms with Crippen LogP contribution in [0.4, 0.5) is 0 Å². The summed E-state index contributed by atoms with van der Waals surface area (Å²) in [4.78, 5) is 26.8. The molecule has 8 heteroatoms. The van der Waals surface area contributed by atoms with Crippen LogP contribution in [0.2, 0.25) is 5.02 Å². The van der Waals surface area contributed by atoms with E-state index in [0.717, 1.165) is 9.87 Å². The first kappa shape index (κ1) is 24.0. The van der Waals surface area contributed by atoms with E-state index in [4.69, 9.17) is 16.3 Å². The molecule has 3 aromatic rings. The predicted octanol–water partition coefficient (Wildman–Crippen LogP) is 4.88. The fraction of sp³-hybridized carbons (Fsp3) is 0.231. The minimum Gasteiger partial charge on any atom is -0.465 e. The topological polar surface area (TPSA) is 80.8 Å². The van der Waals surface area contributed by atoms with Crippen LogP contribution in [-0.2, 0) is 24.3 Å². The van der Waals surface area contributed by atoms with Gasteiger partial charge in [-0.2, -0.15) is 0 Å². The van der Waals surface area contributed by atoms with Gasteiger partial charge in [-0.3, -0.25) is 9.59 Å². The van der Waals surface area contributed by atoms with Crippen LogP contribution in [0.3, 0.4) is 0 Å². The minimum absolute atomic E-state index is 0.0262. The highest BCUT2D eigenvalue weighted by Crippen LogP contribution is 2.50. The van der Waals surface area contributed by atoms with Gasteiger partial charge in [0.15, 0.2) is 0 Å². The SMILES string of the molecule is CCOC(=O)C1C(=O)N(S(=O)(=O)c2ccc(C)cc2)C(c2ccc(Cl)cc2)C1c1ccccc1. The zero-order valence-corrected chi connectivity index (χ0v) is 20.3. The van der Waals surface area contributed by atoms with E-state index in [1.165, 1.54) is 12.1 Å². The number of carbonyl (C=O) groups is 2. The molecule has 4 rings (SSSR count). The van der Waals surface area contributed by atoms with Crippen molar-refractivity contribution in [3.63, 3.8) is 0 Å². The Bertz CT molecular complexity index is 1290. The number of nitrogens with zero attached hydrogens (tertiary/aromatic N) is 1. The zero-order chi connectivity index (χ0) is 24.5. The second-order valence-electron chi connectivity index (χ2n) is 8.11. The van der Waals surface area contributed by atoms with Crippen LogP contribution >= 0.6 is 11.6 Å². The van der Waals surface area contributed by atoms with Gasteiger partial charge in [-0.15, -0.1) is 0 Å². The van der Waals surface area contributed by atoms with Crippen LogP contribution in [0.5, 0.6) is 0 Å². The van der Waals surface area contributed by atoms with Gasteiger partial charge in [-0.25, -0.2) is 12.7 Å². The first-order valence-electron chi connectivity index (χ1n) is 10.9. The van der Waals surface area contributed by atoms with E-state index < -0.39 is 39.8 Å². The molecule has 1 aliphatic heterocycles. The Morgan fingerprint density at radius 3 is 2.15 bits per heavy atom. The highest BCUT2D eigenvalue weighted by atomic mass is 35.5. The second kappa shape index (κ2) is 9.60. The average molecular weight is 498 g/mol. The number of halogens is 1. The number of carbonyl (C=O) groups excluding carboxylic acids is 2. The third-order valence-electron chi connectivity index (χ3n) is 5.95. The number of amides is 1. The summed E-state index contributed by atoms with van der Waals surface area (Å²) in [6, 6.07) is 20.9. The number of ether oxygens (including phenoxy) is 1. The van der Waals surface area contributed by atoms with E-state index in [1.807, 2.05) is 13.0 Å². The molecular formula is C26H24ClNO5S. The molecule has 0 saturated carbocycles. The monoisotopic (exact) mass is 497 g/mol. The van der Waals surface area contributed by atoms with Crippen molar-refractivity contribution in [1.82, 2.24) is 4.31 Å². The Balaban J connectivity index is 1.96. The quantitative estimate of drug-likeness (QED) is 0.358. The first-order valence-corrected chi connectivity index (χ1v) is 12.7. The molecule has 0 aromatic heterocycles. The number of sulfonamides is 1. The lowest BCUT2D eigenvalue weighted by molar-refractivity contribution is -0.152. The maximum absolute atomic E-state index is 13.8. The van der Waals surface area contributed by atoms with E-state index >= 15 is 0 Å². The van der Waals surface area contributed by atoms with Crippen molar-refractivity contribution in [2.24, 2.45) is 5.92 Å². The molecule has 3 unspecified atom stereocenters. The summed E-state index contributed by atoms with van der Waals surface area (Å²) < 4.78 is 33.8. The fourth-order valence-corrected chi connectivity index (χ4v) is 6.12. The van der Waals surface area contributed by atoms with E-state index in [0.29, 0.717) is 16.1 Å². The Kier molecular flexibility index (Phi) is 6.77. The van der Waals surface area contributed by atoms with Crippen LogP contribution < -0.4 is 0 Å². The summed E-state index contributed by atoms with van der Waals surface area (Å²) in [5.74, 6) is -3.66. The molecule has 0 aliphatic carbocycles. The van der Waals surface area contributed by atoms with E-state index in [9.17, 15) is 18.0 Å². The Labute approximate surface area is 204 Å². The molecule has 1 heterocycles. The Morgan fingerprint density at radius 1 is 0.941 bits per heavy atom. The van der Waals surface area contributed by atoms with Crippen molar-refractivity contribution in [2.75, 3.05) is 6.61 Å². The van der Waals surface area contributed by atoms with Gasteiger partial charge in [-0.1, -0.05) is 71.8 Å². The van der Waals surface area contributed by atoms with Crippen LogP contribution in [0.15, 0.2) is 83.8 Å². The number of benzene rings is 3. The van der Waals surface area contributed by atoms with Crippen molar-refractivity contribution in [3.05, 3.63) is 101 Å². The van der Waals surface area contributed by atoms with Crippen LogP contribution in [-0.4, -0.2) is 31.2 Å². The van der Waals surface area contributed by atoms with Gasteiger partial charge in [0.05, 0.1) is 17.5 Å². The van der Waals surface area contributed by atoms with E-state index in [2.05, 4.69) is 0 Å². The molecule has 0 radical (unpaired) electrons. The van der Waals surface area contributed by atoms with Gasteiger partial charge < -0.3 is 4.74 Å². The van der Waals surface area contributed by atoms with E-state index in [-0.39, 0.29) is 11.5 Å². The van der Waals surface area contributed by atoms with Gasteiger partial charge in [0.25, 0.3) is 15.9 Å². The van der Waals surface area contributed by atoms with Gasteiger partial charge in [0.2, 0.25) is 0 Å². The lowest BCUT2D eigenvalue weighted by atomic mass is 9.81. The summed E-state index contributed by atoms with van der Waals surface area (Å²) >= 11 is 6.08. The van der Waals surface area contributed by atoms with Crippen molar-refractivity contribution in [2.45, 2.75) is 30.7 Å². The standard InChI is InChI=1S/C26H24ClNO5S/c1-3-33-26(30)23-22(18-7-5-4-6-8-18)24(19-11-13-20(27)14-12-19)28(25(23)29)34(31,32)21-15-9-17(2)10-16-21/h4-16,22-24H,3H2,1-2H3. The zero-order valence-electron chi connectivity index (χ0n) is 18.7. The molecule has 0 spiro atoms. The molecule has 3 aromatic carbocycles. The molecule has 34 heavy (non-hydrogen) atoms. The van der Waals surface area contributed by atoms with Gasteiger partial charge in [0, 0.05) is 10.9 Å². The summed E-state index contributed by atoms with van der Waals surface area (Å²) in [6.45, 7) is 3.56. The fourth-order valence-electron chi connectivity index (χ4n) is 4.38. The Hall–Kier alpha value is -3.16. The molecular weight excluding hydrogens is 474 g/mol. The van der Waals surface area contributed by atoms with Crippen molar-refractivity contribution >= 4 is 33.5 Å². The lowest BCUT2D eigenvalue weighted by Crippen LogP contribution is -2.37. The predicted molar refractivity (Wildman–Crippen MR) is 129 cm³/mol. The van der Waals surface area contributed by atoms with E-state index in [1.54, 1.807) is 67.6 Å². The second-order valence-corrected chi connectivity index (χ2v) is 10.4. The normalized spacial score (nSPS) is 20.4. The van der Waals surface area contributed by atoms with Crippen molar-refractivity contribution in [3.8, 4) is 0 Å². The minimum atomic E-state index is -4.29. The van der Waals surface area contributed by atoms with Crippen LogP contribution in [0.25, 0.3) is 0 Å². The molecule has 1 saturated heterocycles. The average Bonchev–Trinajstić information content (AvgIpc) is 3.14. The van der Waals surface area contributed by atoms with Gasteiger partial charge in [-0.05, 0) is 49.2 Å². The molecule has 0 bridgehead atoms. The summed E-state index contributed by atoms with van der Waals surface area (Å²) in [6.07, 6.45) is 0. The molecule has 1 amide bonds. The summed E-state index contributed by atoms with van der Waals surface area (Å²) in [5.41, 5.74) is 2.09. The molecule has 1 aliphatic rings. The summed E-state index contributed by atoms with van der Waals surface area (Å²) in [5, 5.41) is 0.471. The first-order chi connectivity index (χ1) is 16.3. The number of aryl methyl sites for hydroxylation is 1. The summed E-state index contributed by atoms with van der Waals surface area (Å²) in [7, 11) is -4.29. The highest BCUT2D eigenvalue weighted by molar-refractivity contribution is 7.89. The highest BCUT2D eigenvalue weighted by Gasteiger charge is 2.57. The molecule has 0 N–H and O–H groups in total. The number of rotatable bonds is 6. The maximum Gasteiger partial charge on any atom is 0.319 e. The Morgan fingerprint density at radius 2 is 1.56 bits per heavy atom. The van der Waals surface area contributed by atoms with Gasteiger partial charge in [0.1, 0.15) is 5.92 Å². The third kappa shape index (κ3) is 4.33. The van der Waals surface area contributed by atoms with Crippen molar-refractivity contribution in [1.29, 1.82) is 0 Å². The third-order valence-corrected chi connectivity index (χ3v) is 7.99. The molecule has 1 fully saturated rings. The van der Waals surface area contributed by atoms with Crippen LogP contribution in [0, 0.1) is 12.8 Å². The lowest BCUT2D eigenvalue weighted by Gasteiger charge is -2.28. The number of hydrogen-bond donors (Lipinski definition) is 0. The number of esters is 1. The molecule has 6 nitrogen and oxygen atoms in total. The number of hydrogen-bond acceptors (Lipinski definition) is 5.